The highest BCUT2D eigenvalue weighted by atomic mass is 16.5. The second kappa shape index (κ2) is 8.80. The van der Waals surface area contributed by atoms with Gasteiger partial charge >= 0.3 is 0 Å². The first-order chi connectivity index (χ1) is 13.1. The summed E-state index contributed by atoms with van der Waals surface area (Å²) < 4.78 is 5.78. The third-order valence-corrected chi connectivity index (χ3v) is 4.00. The van der Waals surface area contributed by atoms with E-state index in [1.165, 1.54) is 6.33 Å². The van der Waals surface area contributed by atoms with Crippen LogP contribution in [-0.2, 0) is 0 Å². The zero-order chi connectivity index (χ0) is 19.1. The molecule has 0 radical (unpaired) electrons. The minimum Gasteiger partial charge on any atom is -0.457 e. The van der Waals surface area contributed by atoms with Crippen LogP contribution in [0.25, 0.3) is 0 Å². The quantitative estimate of drug-likeness (QED) is 0.645. The van der Waals surface area contributed by atoms with Crippen molar-refractivity contribution in [1.82, 2.24) is 15.3 Å². The Labute approximate surface area is 158 Å². The normalized spacial score (nSPS) is 11.5. The van der Waals surface area contributed by atoms with Crippen molar-refractivity contribution in [2.24, 2.45) is 0 Å². The Kier molecular flexibility index (Phi) is 5.99. The highest BCUT2D eigenvalue weighted by Crippen LogP contribution is 2.23. The molecule has 1 heterocycles. The number of anilines is 2. The highest BCUT2D eigenvalue weighted by molar-refractivity contribution is 5.93. The summed E-state index contributed by atoms with van der Waals surface area (Å²) >= 11 is 0. The number of benzene rings is 2. The molecule has 6 heteroatoms. The number of hydrogen-bond acceptors (Lipinski definition) is 5. The lowest BCUT2D eigenvalue weighted by Crippen LogP contribution is -2.32. The minimum atomic E-state index is -0.207. The van der Waals surface area contributed by atoms with E-state index in [1.807, 2.05) is 68.4 Å². The Morgan fingerprint density at radius 2 is 1.74 bits per heavy atom. The van der Waals surface area contributed by atoms with Crippen molar-refractivity contribution < 1.29 is 9.53 Å². The van der Waals surface area contributed by atoms with E-state index in [0.29, 0.717) is 11.5 Å². The van der Waals surface area contributed by atoms with Crippen LogP contribution in [0.1, 0.15) is 30.8 Å². The lowest BCUT2D eigenvalue weighted by molar-refractivity contribution is 0.0934. The van der Waals surface area contributed by atoms with E-state index in [1.54, 1.807) is 6.07 Å². The molecular formula is C21H22N4O2. The highest BCUT2D eigenvalue weighted by Gasteiger charge is 2.11. The summed E-state index contributed by atoms with van der Waals surface area (Å²) in [6.45, 7) is 3.97. The van der Waals surface area contributed by atoms with Crippen molar-refractivity contribution in [1.29, 1.82) is 0 Å². The van der Waals surface area contributed by atoms with Crippen LogP contribution >= 0.6 is 0 Å². The molecule has 1 unspecified atom stereocenters. The predicted molar refractivity (Wildman–Crippen MR) is 105 cm³/mol. The summed E-state index contributed by atoms with van der Waals surface area (Å²) in [7, 11) is 0. The van der Waals surface area contributed by atoms with Gasteiger partial charge in [-0.25, -0.2) is 9.97 Å². The molecule has 0 aliphatic heterocycles. The number of amides is 1. The molecular weight excluding hydrogens is 340 g/mol. The maximum Gasteiger partial charge on any atom is 0.270 e. The Morgan fingerprint density at radius 3 is 2.44 bits per heavy atom. The van der Waals surface area contributed by atoms with Gasteiger partial charge in [0, 0.05) is 17.8 Å². The SMILES string of the molecule is CCC(C)NC(=O)c1cc(Nc2ccc(Oc3ccccc3)cc2)ncn1. The van der Waals surface area contributed by atoms with E-state index in [2.05, 4.69) is 20.6 Å². The number of nitrogens with one attached hydrogen (secondary N) is 2. The Balaban J connectivity index is 1.65. The first kappa shape index (κ1) is 18.4. The maximum absolute atomic E-state index is 12.2. The first-order valence-electron chi connectivity index (χ1n) is 8.87. The lowest BCUT2D eigenvalue weighted by Gasteiger charge is -2.12. The van der Waals surface area contributed by atoms with Crippen LogP contribution in [0.2, 0.25) is 0 Å². The van der Waals surface area contributed by atoms with Crippen molar-refractivity contribution in [3.8, 4) is 11.5 Å². The largest absolute Gasteiger partial charge is 0.457 e. The van der Waals surface area contributed by atoms with Crippen LogP contribution in [0.15, 0.2) is 67.0 Å². The zero-order valence-corrected chi connectivity index (χ0v) is 15.3. The van der Waals surface area contributed by atoms with Gasteiger partial charge in [-0.2, -0.15) is 0 Å². The third kappa shape index (κ3) is 5.28. The summed E-state index contributed by atoms with van der Waals surface area (Å²) in [6.07, 6.45) is 2.24. The molecule has 2 aromatic carbocycles. The third-order valence-electron chi connectivity index (χ3n) is 4.00. The van der Waals surface area contributed by atoms with Gasteiger partial charge in [0.2, 0.25) is 0 Å². The van der Waals surface area contributed by atoms with Gasteiger partial charge in [-0.15, -0.1) is 0 Å². The molecule has 138 valence electrons. The van der Waals surface area contributed by atoms with E-state index in [0.717, 1.165) is 23.6 Å². The number of carbonyl (C=O) groups is 1. The van der Waals surface area contributed by atoms with E-state index in [4.69, 9.17) is 4.74 Å². The summed E-state index contributed by atoms with van der Waals surface area (Å²) in [5.41, 5.74) is 1.17. The van der Waals surface area contributed by atoms with Crippen molar-refractivity contribution in [2.75, 3.05) is 5.32 Å². The fourth-order valence-electron chi connectivity index (χ4n) is 2.33. The molecule has 0 bridgehead atoms. The standard InChI is InChI=1S/C21H22N4O2/c1-3-15(2)24-21(26)19-13-20(23-14-22-19)25-16-9-11-18(12-10-16)27-17-7-5-4-6-8-17/h4-15H,3H2,1-2H3,(H,24,26)(H,22,23,25). The second-order valence-electron chi connectivity index (χ2n) is 6.14. The molecule has 0 saturated heterocycles. The molecule has 0 aliphatic rings. The molecule has 6 nitrogen and oxygen atoms in total. The number of nitrogens with zero attached hydrogens (tertiary/aromatic N) is 2. The van der Waals surface area contributed by atoms with Crippen LogP contribution in [0.3, 0.4) is 0 Å². The van der Waals surface area contributed by atoms with Crippen LogP contribution in [-0.4, -0.2) is 21.9 Å². The average molecular weight is 362 g/mol. The maximum atomic E-state index is 12.2. The molecule has 0 spiro atoms. The molecule has 2 N–H and O–H groups in total. The van der Waals surface area contributed by atoms with E-state index >= 15 is 0 Å². The molecule has 1 atom stereocenters. The summed E-state index contributed by atoms with van der Waals surface area (Å²) in [6, 6.07) is 18.8. The van der Waals surface area contributed by atoms with Gasteiger partial charge in [0.15, 0.2) is 0 Å². The predicted octanol–water partition coefficient (Wildman–Crippen LogP) is 4.54. The average Bonchev–Trinajstić information content (AvgIpc) is 2.70. The topological polar surface area (TPSA) is 76.1 Å². The molecule has 1 aromatic heterocycles. The van der Waals surface area contributed by atoms with Crippen molar-refractivity contribution in [3.63, 3.8) is 0 Å². The molecule has 3 rings (SSSR count). The molecule has 0 saturated carbocycles. The molecule has 27 heavy (non-hydrogen) atoms. The van der Waals surface area contributed by atoms with Crippen LogP contribution in [0.5, 0.6) is 11.5 Å². The number of carbonyl (C=O) groups excluding carboxylic acids is 1. The Bertz CT molecular complexity index is 882. The molecule has 0 fully saturated rings. The van der Waals surface area contributed by atoms with Gasteiger partial charge < -0.3 is 15.4 Å². The van der Waals surface area contributed by atoms with Crippen LogP contribution in [0, 0.1) is 0 Å². The van der Waals surface area contributed by atoms with Gasteiger partial charge in [-0.05, 0) is 49.7 Å². The van der Waals surface area contributed by atoms with Crippen LogP contribution in [0.4, 0.5) is 11.5 Å². The number of hydrogen-bond donors (Lipinski definition) is 2. The van der Waals surface area contributed by atoms with E-state index in [9.17, 15) is 4.79 Å². The Morgan fingerprint density at radius 1 is 1.04 bits per heavy atom. The zero-order valence-electron chi connectivity index (χ0n) is 15.3. The van der Waals surface area contributed by atoms with E-state index < -0.39 is 0 Å². The first-order valence-corrected chi connectivity index (χ1v) is 8.87. The number of ether oxygens (including phenoxy) is 1. The number of aromatic nitrogens is 2. The number of para-hydroxylation sites is 1. The fraction of sp³-hybridized carbons (Fsp3) is 0.190. The van der Waals surface area contributed by atoms with Crippen LogP contribution < -0.4 is 15.4 Å². The minimum absolute atomic E-state index is 0.0982. The van der Waals surface area contributed by atoms with Gasteiger partial charge in [-0.3, -0.25) is 4.79 Å². The second-order valence-corrected chi connectivity index (χ2v) is 6.14. The Hall–Kier alpha value is -3.41. The summed E-state index contributed by atoms with van der Waals surface area (Å²) in [5, 5.41) is 6.06. The van der Waals surface area contributed by atoms with E-state index in [-0.39, 0.29) is 11.9 Å². The lowest BCUT2D eigenvalue weighted by atomic mass is 10.2. The van der Waals surface area contributed by atoms with Crippen molar-refractivity contribution in [2.45, 2.75) is 26.3 Å². The van der Waals surface area contributed by atoms with Gasteiger partial charge in [0.25, 0.3) is 5.91 Å². The monoisotopic (exact) mass is 362 g/mol. The van der Waals surface area contributed by atoms with Gasteiger partial charge in [0.1, 0.15) is 29.3 Å². The summed E-state index contributed by atoms with van der Waals surface area (Å²) in [4.78, 5) is 20.4. The van der Waals surface area contributed by atoms with Gasteiger partial charge in [0.05, 0.1) is 0 Å². The van der Waals surface area contributed by atoms with Gasteiger partial charge in [-0.1, -0.05) is 25.1 Å². The van der Waals surface area contributed by atoms with Crippen molar-refractivity contribution >= 4 is 17.4 Å². The smallest absolute Gasteiger partial charge is 0.270 e. The molecule has 3 aromatic rings. The fourth-order valence-corrected chi connectivity index (χ4v) is 2.33. The molecule has 1 amide bonds. The van der Waals surface area contributed by atoms with Crippen molar-refractivity contribution in [3.05, 3.63) is 72.7 Å². The number of rotatable bonds is 7. The summed E-state index contributed by atoms with van der Waals surface area (Å²) in [5.74, 6) is 1.87. The molecule has 0 aliphatic carbocycles.